The zero-order valence-corrected chi connectivity index (χ0v) is 42.2. The second kappa shape index (κ2) is 27.6. The lowest BCUT2D eigenvalue weighted by Crippen LogP contribution is -2.64. The molecule has 27 heteroatoms. The minimum Gasteiger partial charge on any atom is -0.370 e. The minimum absolute atomic E-state index is 0.0223. The lowest BCUT2D eigenvalue weighted by atomic mass is 9.92. The van der Waals surface area contributed by atoms with Gasteiger partial charge in [-0.2, -0.15) is 0 Å². The zero-order valence-electron chi connectivity index (χ0n) is 40.6. The molecule has 2 fully saturated rings. The Balaban J connectivity index is 1.46. The molecule has 0 saturated carbocycles. The van der Waals surface area contributed by atoms with Crippen molar-refractivity contribution in [3.8, 4) is 0 Å². The van der Waals surface area contributed by atoms with Gasteiger partial charge in [0.15, 0.2) is 5.96 Å². The molecule has 17 N–H and O–H groups in total. The first-order valence-electron chi connectivity index (χ1n) is 23.9. The number of nitrogens with two attached hydrogens (primary N) is 5. The van der Waals surface area contributed by atoms with E-state index in [-0.39, 0.29) is 75.5 Å². The third kappa shape index (κ3) is 17.1. The highest BCUT2D eigenvalue weighted by Gasteiger charge is 2.47. The highest BCUT2D eigenvalue weighted by molar-refractivity contribution is 8.76. The van der Waals surface area contributed by atoms with Gasteiger partial charge in [-0.05, 0) is 48.8 Å². The summed E-state index contributed by atoms with van der Waals surface area (Å²) < 4.78 is 0. The Morgan fingerprint density at radius 3 is 2.07 bits per heavy atom. The van der Waals surface area contributed by atoms with E-state index in [1.165, 1.54) is 15.7 Å². The van der Waals surface area contributed by atoms with Crippen LogP contribution < -0.4 is 65.9 Å². The van der Waals surface area contributed by atoms with E-state index < -0.39 is 133 Å². The van der Waals surface area contributed by atoms with Crippen LogP contribution in [0, 0.1) is 0 Å². The molecule has 2 aromatic rings. The average molecular weight is 1070 g/mol. The number of primary amides is 3. The molecule has 0 bridgehead atoms. The third-order valence-electron chi connectivity index (χ3n) is 12.4. The number of hydrogen-bond donors (Lipinski definition) is 12. The molecular weight excluding hydrogens is 1000 g/mol. The predicted octanol–water partition coefficient (Wildman–Crippen LogP) is -4.12. The molecule has 2 aromatic carbocycles. The van der Waals surface area contributed by atoms with Crippen molar-refractivity contribution in [1.82, 2.24) is 42.1 Å². The van der Waals surface area contributed by atoms with Crippen LogP contribution in [-0.2, 0) is 72.0 Å². The number of rotatable bonds is 17. The molecule has 3 aliphatic rings. The van der Waals surface area contributed by atoms with Crippen LogP contribution in [0.1, 0.15) is 68.1 Å². The third-order valence-corrected chi connectivity index (χ3v) is 14.8. The largest absolute Gasteiger partial charge is 0.370 e. The molecular formula is C47H64N14O11S2. The summed E-state index contributed by atoms with van der Waals surface area (Å²) >= 11 is 0. The number of carbonyl (C=O) groups is 11. The second-order valence-corrected chi connectivity index (χ2v) is 20.7. The average Bonchev–Trinajstić information content (AvgIpc) is 4.00. The highest BCUT2D eigenvalue weighted by Crippen LogP contribution is 2.32. The van der Waals surface area contributed by atoms with Gasteiger partial charge in [-0.1, -0.05) is 76.2 Å². The Morgan fingerprint density at radius 2 is 1.42 bits per heavy atom. The molecule has 6 atom stereocenters. The van der Waals surface area contributed by atoms with Gasteiger partial charge in [0.1, 0.15) is 41.8 Å². The fraction of sp³-hybridized carbons (Fsp3) is 0.489. The Kier molecular flexibility index (Phi) is 21.4. The Hall–Kier alpha value is -7.42. The molecule has 0 unspecified atom stereocenters. The van der Waals surface area contributed by atoms with Crippen LogP contribution in [-0.4, -0.2) is 149 Å². The number of amides is 11. The first-order valence-corrected chi connectivity index (χ1v) is 26.4. The maximum Gasteiger partial charge on any atom is 0.247 e. The predicted molar refractivity (Wildman–Crippen MR) is 273 cm³/mol. The van der Waals surface area contributed by atoms with E-state index in [9.17, 15) is 52.7 Å². The summed E-state index contributed by atoms with van der Waals surface area (Å²) in [6, 6.07) is 7.44. The number of carbonyl (C=O) groups excluding carboxylic acids is 11. The van der Waals surface area contributed by atoms with E-state index in [2.05, 4.69) is 42.2 Å². The molecule has 0 radical (unpaired) electrons. The van der Waals surface area contributed by atoms with E-state index in [1.807, 2.05) is 12.1 Å². The molecule has 1 spiro atoms. The van der Waals surface area contributed by atoms with Crippen LogP contribution in [0.25, 0.3) is 0 Å². The van der Waals surface area contributed by atoms with Crippen molar-refractivity contribution in [3.63, 3.8) is 0 Å². The van der Waals surface area contributed by atoms with Gasteiger partial charge in [0, 0.05) is 56.7 Å². The van der Waals surface area contributed by atoms with Gasteiger partial charge in [0.05, 0.1) is 13.0 Å². The lowest BCUT2D eigenvalue weighted by molar-refractivity contribution is -0.142. The monoisotopic (exact) mass is 1060 g/mol. The summed E-state index contributed by atoms with van der Waals surface area (Å²) in [4.78, 5) is 154. The number of aliphatic imine (C=N–C) groups is 1. The van der Waals surface area contributed by atoms with E-state index in [0.29, 0.717) is 12.0 Å². The molecule has 0 aromatic heterocycles. The van der Waals surface area contributed by atoms with Gasteiger partial charge in [0.2, 0.25) is 65.0 Å². The smallest absolute Gasteiger partial charge is 0.247 e. The molecule has 400 valence electrons. The maximum atomic E-state index is 14.6. The van der Waals surface area contributed by atoms with Crippen LogP contribution in [0.5, 0.6) is 0 Å². The number of likely N-dealkylation sites (tertiary alicyclic amines) is 1. The van der Waals surface area contributed by atoms with Crippen LogP contribution in [0.4, 0.5) is 0 Å². The minimum atomic E-state index is -1.75. The molecule has 5 rings (SSSR count). The number of nitrogens with zero attached hydrogens (tertiary/aromatic N) is 2. The van der Waals surface area contributed by atoms with Crippen LogP contribution in [0.15, 0.2) is 59.6 Å². The van der Waals surface area contributed by atoms with Gasteiger partial charge in [-0.25, -0.2) is 0 Å². The SMILES string of the molecule is NC(=O)CC[C@@H]1NC(=O)[C@H](Cc2ccccc2)NC(=O)C2(Cc3ccccc3C2)NC(=O)CCSSC[C@@H](C(=O)N2CCC[C@H]2C(=O)N[C@@H](CCCN=C(N)N)C(=O)NCC(N)=O)NC(=O)[C@H](CC(N)=O)NC1=O. The summed E-state index contributed by atoms with van der Waals surface area (Å²) in [5.74, 6) is -9.29. The van der Waals surface area contributed by atoms with Gasteiger partial charge < -0.3 is 70.8 Å². The van der Waals surface area contributed by atoms with Crippen molar-refractivity contribution in [2.45, 2.75) is 112 Å². The quantitative estimate of drug-likeness (QED) is 0.0310. The molecule has 25 nitrogen and oxygen atoms in total. The summed E-state index contributed by atoms with van der Waals surface area (Å²) in [6.07, 6.45) is -0.886. The molecule has 1 aliphatic carbocycles. The van der Waals surface area contributed by atoms with Crippen molar-refractivity contribution < 1.29 is 52.7 Å². The van der Waals surface area contributed by atoms with Crippen molar-refractivity contribution in [3.05, 3.63) is 71.3 Å². The summed E-state index contributed by atoms with van der Waals surface area (Å²) in [6.45, 7) is -0.372. The Morgan fingerprint density at radius 1 is 0.770 bits per heavy atom. The van der Waals surface area contributed by atoms with E-state index in [4.69, 9.17) is 28.7 Å². The Labute approximate surface area is 434 Å². The Bertz CT molecular complexity index is 2440. The van der Waals surface area contributed by atoms with Crippen molar-refractivity contribution in [2.24, 2.45) is 33.7 Å². The van der Waals surface area contributed by atoms with E-state index in [0.717, 1.165) is 21.9 Å². The molecule has 2 heterocycles. The second-order valence-electron chi connectivity index (χ2n) is 18.1. The molecule has 2 saturated heterocycles. The number of hydrogen-bond acceptors (Lipinski definition) is 14. The van der Waals surface area contributed by atoms with Gasteiger partial charge in [-0.3, -0.25) is 57.7 Å². The van der Waals surface area contributed by atoms with E-state index in [1.54, 1.807) is 42.5 Å². The first-order chi connectivity index (χ1) is 35.2. The number of benzene rings is 2. The van der Waals surface area contributed by atoms with Crippen molar-refractivity contribution in [1.29, 1.82) is 0 Å². The summed E-state index contributed by atoms with van der Waals surface area (Å²) in [5, 5.41) is 18.4. The lowest BCUT2D eigenvalue weighted by Gasteiger charge is -2.32. The van der Waals surface area contributed by atoms with Gasteiger partial charge in [-0.15, -0.1) is 0 Å². The van der Waals surface area contributed by atoms with Crippen molar-refractivity contribution in [2.75, 3.05) is 31.1 Å². The van der Waals surface area contributed by atoms with Crippen LogP contribution >= 0.6 is 21.6 Å². The van der Waals surface area contributed by atoms with Crippen LogP contribution in [0.3, 0.4) is 0 Å². The first kappa shape index (κ1) is 57.5. The summed E-state index contributed by atoms with van der Waals surface area (Å²) in [7, 11) is 2.26. The number of fused-ring (bicyclic) bond motifs is 1. The maximum absolute atomic E-state index is 14.6. The van der Waals surface area contributed by atoms with Gasteiger partial charge >= 0.3 is 0 Å². The number of guanidine groups is 1. The van der Waals surface area contributed by atoms with E-state index >= 15 is 0 Å². The standard InChI is InChI=1S/C47H64N14O11S2/c48-35(62)15-14-30-40(67)57-32(21-36(49)63)42(69)58-33(44(71)61-18-7-13-34(61)43(70)56-29(12-6-17-53-46(51)52)39(66)54-24-37(50)64)25-74-73-19-16-38(65)60-47(22-27-10-4-5-11-28(27)23-47)45(72)59-31(41(68)55-30)20-26-8-2-1-3-9-26/h1-5,8-11,29-34H,6-7,12-25H2,(H2,48,62)(H2,49,63)(H2,50,64)(H,54,66)(H,55,68)(H,56,70)(H,57,67)(H,58,69)(H,59,72)(H,60,65)(H4,51,52,53)/t29-,30-,31-,32-,33-,34-/m0/s1. The summed E-state index contributed by atoms with van der Waals surface area (Å²) in [5.41, 5.74) is 27.8. The highest BCUT2D eigenvalue weighted by atomic mass is 33.1. The van der Waals surface area contributed by atoms with Crippen molar-refractivity contribution >= 4 is 92.5 Å². The number of nitrogens with one attached hydrogen (secondary N) is 7. The fourth-order valence-electron chi connectivity index (χ4n) is 8.71. The fourth-order valence-corrected chi connectivity index (χ4v) is 10.9. The van der Waals surface area contributed by atoms with Crippen LogP contribution in [0.2, 0.25) is 0 Å². The normalized spacial score (nSPS) is 22.0. The molecule has 2 aliphatic heterocycles. The topological polar surface area (TPSA) is 418 Å². The van der Waals surface area contributed by atoms with Gasteiger partial charge in [0.25, 0.3) is 0 Å². The zero-order chi connectivity index (χ0) is 54.0. The molecule has 74 heavy (non-hydrogen) atoms. The molecule has 11 amide bonds.